The molecule has 2 aliphatic heterocycles. The molecule has 5 aliphatic rings. The van der Waals surface area contributed by atoms with Gasteiger partial charge in [-0.15, -0.1) is 0 Å². The van der Waals surface area contributed by atoms with Gasteiger partial charge in [0, 0.05) is 23.7 Å². The first-order valence-electron chi connectivity index (χ1n) is 10.8. The van der Waals surface area contributed by atoms with E-state index in [1.54, 1.807) is 13.8 Å². The highest BCUT2D eigenvalue weighted by molar-refractivity contribution is 5.95. The Morgan fingerprint density at radius 2 is 2.00 bits per heavy atom. The van der Waals surface area contributed by atoms with Gasteiger partial charge in [0.15, 0.2) is 17.1 Å². The summed E-state index contributed by atoms with van der Waals surface area (Å²) in [6, 6.07) is 0. The summed E-state index contributed by atoms with van der Waals surface area (Å²) in [4.78, 5) is 38.3. The second-order valence-corrected chi connectivity index (χ2v) is 9.99. The number of allylic oxidation sites excluding steroid dienone is 2. The first kappa shape index (κ1) is 20.9. The fourth-order valence-electron chi connectivity index (χ4n) is 7.80. The molecule has 4 fully saturated rings. The van der Waals surface area contributed by atoms with E-state index in [0.717, 1.165) is 0 Å². The first-order valence-corrected chi connectivity index (χ1v) is 10.8. The van der Waals surface area contributed by atoms with Crippen LogP contribution in [0.15, 0.2) is 11.3 Å². The number of ketones is 1. The molecule has 3 N–H and O–H groups in total. The number of hydrogen-bond acceptors (Lipinski definition) is 9. The number of Topliss-reactive ketones (excluding diaryl/α,β-unsaturated/α-hetero) is 1. The summed E-state index contributed by atoms with van der Waals surface area (Å²) < 4.78 is 17.0. The van der Waals surface area contributed by atoms with Crippen LogP contribution in [0.25, 0.3) is 0 Å². The molecule has 0 aromatic carbocycles. The van der Waals surface area contributed by atoms with Gasteiger partial charge in [0.05, 0.1) is 25.7 Å². The Balaban J connectivity index is 1.72. The zero-order valence-electron chi connectivity index (χ0n) is 17.8. The lowest BCUT2D eigenvalue weighted by molar-refractivity contribution is -0.272. The van der Waals surface area contributed by atoms with Crippen molar-refractivity contribution in [3.8, 4) is 0 Å². The molecular weight excluding hydrogens is 408 g/mol. The predicted molar refractivity (Wildman–Crippen MR) is 102 cm³/mol. The van der Waals surface area contributed by atoms with Crippen LogP contribution < -0.4 is 0 Å². The summed E-state index contributed by atoms with van der Waals surface area (Å²) in [7, 11) is 0. The summed E-state index contributed by atoms with van der Waals surface area (Å²) in [5.74, 6) is -3.78. The SMILES string of the molecule is CCOC(=O)[C@@]12OC[C@]34[C@H]([C@@H](O)[C@@H]1O)[C@@]1(C)CC(=O)C(O)=C(C)[C@@H]1C[C@H]3OC(=O)C[C@@H]24. The third-order valence-electron chi connectivity index (χ3n) is 8.91. The Labute approximate surface area is 179 Å². The van der Waals surface area contributed by atoms with Crippen LogP contribution in [0.3, 0.4) is 0 Å². The molecule has 3 aliphatic carbocycles. The quantitative estimate of drug-likeness (QED) is 0.525. The summed E-state index contributed by atoms with van der Waals surface area (Å²) >= 11 is 0. The largest absolute Gasteiger partial charge is 0.504 e. The number of aliphatic hydroxyl groups excluding tert-OH is 3. The van der Waals surface area contributed by atoms with E-state index >= 15 is 0 Å². The van der Waals surface area contributed by atoms with E-state index in [1.807, 2.05) is 6.92 Å². The third kappa shape index (κ3) is 2.19. The summed E-state index contributed by atoms with van der Waals surface area (Å²) in [6.07, 6.45) is -3.55. The molecule has 31 heavy (non-hydrogen) atoms. The van der Waals surface area contributed by atoms with E-state index < -0.39 is 64.3 Å². The van der Waals surface area contributed by atoms with Gasteiger partial charge in [0.25, 0.3) is 0 Å². The van der Waals surface area contributed by atoms with E-state index in [-0.39, 0.29) is 37.7 Å². The molecule has 2 saturated carbocycles. The number of carbonyl (C=O) groups is 3. The predicted octanol–water partition coefficient (Wildman–Crippen LogP) is 0.419. The molecule has 2 heterocycles. The zero-order chi connectivity index (χ0) is 22.5. The van der Waals surface area contributed by atoms with Crippen LogP contribution in [0.4, 0.5) is 0 Å². The van der Waals surface area contributed by atoms with Gasteiger partial charge in [-0.2, -0.15) is 0 Å². The molecule has 0 aromatic heterocycles. The molecule has 9 nitrogen and oxygen atoms in total. The van der Waals surface area contributed by atoms with Crippen molar-refractivity contribution in [1.82, 2.24) is 0 Å². The minimum atomic E-state index is -1.86. The van der Waals surface area contributed by atoms with Crippen LogP contribution >= 0.6 is 0 Å². The second kappa shape index (κ2) is 6.30. The van der Waals surface area contributed by atoms with E-state index in [2.05, 4.69) is 0 Å². The maximum absolute atomic E-state index is 13.1. The van der Waals surface area contributed by atoms with Gasteiger partial charge >= 0.3 is 11.9 Å². The summed E-state index contributed by atoms with van der Waals surface area (Å²) in [6.45, 7) is 5.24. The number of hydrogen-bond donors (Lipinski definition) is 3. The van der Waals surface area contributed by atoms with Gasteiger partial charge in [-0.25, -0.2) is 4.79 Å². The molecule has 0 unspecified atom stereocenters. The lowest BCUT2D eigenvalue weighted by Crippen LogP contribution is -2.76. The number of rotatable bonds is 2. The van der Waals surface area contributed by atoms with E-state index in [0.29, 0.717) is 12.0 Å². The Morgan fingerprint density at radius 3 is 2.68 bits per heavy atom. The standard InChI is InChI=1S/C22H28O9/c1-4-29-19(28)22-12-6-14(24)31-13-5-10-9(2)15(25)11(23)7-20(10,3)17(16(26)18(22)27)21(12,13)8-30-22/h10,12-13,16-18,25-27H,4-8H2,1-3H3/t10-,12+,13+,16+,17+,18-,20-,21+,22-/m0/s1. The number of carbonyl (C=O) groups excluding carboxylic acids is 3. The van der Waals surface area contributed by atoms with Crippen molar-refractivity contribution in [2.75, 3.05) is 13.2 Å². The topological polar surface area (TPSA) is 140 Å². The van der Waals surface area contributed by atoms with Crippen molar-refractivity contribution in [2.24, 2.45) is 28.6 Å². The summed E-state index contributed by atoms with van der Waals surface area (Å²) in [5.41, 5.74) is -3.13. The van der Waals surface area contributed by atoms with Crippen LogP contribution in [0.1, 0.15) is 40.0 Å². The molecule has 5 rings (SSSR count). The number of esters is 2. The summed E-state index contributed by atoms with van der Waals surface area (Å²) in [5, 5.41) is 33.0. The average Bonchev–Trinajstić information content (AvgIpc) is 2.99. The molecule has 170 valence electrons. The van der Waals surface area contributed by atoms with E-state index in [4.69, 9.17) is 14.2 Å². The fourth-order valence-corrected chi connectivity index (χ4v) is 7.80. The lowest BCUT2D eigenvalue weighted by Gasteiger charge is -2.66. The molecule has 1 spiro atoms. The van der Waals surface area contributed by atoms with E-state index in [1.165, 1.54) is 0 Å². The van der Waals surface area contributed by atoms with Crippen LogP contribution in [0.2, 0.25) is 0 Å². The smallest absolute Gasteiger partial charge is 0.341 e. The Hall–Kier alpha value is -1.97. The minimum Gasteiger partial charge on any atom is -0.504 e. The third-order valence-corrected chi connectivity index (χ3v) is 8.91. The van der Waals surface area contributed by atoms with Crippen LogP contribution in [0.5, 0.6) is 0 Å². The molecule has 0 amide bonds. The van der Waals surface area contributed by atoms with Crippen molar-refractivity contribution in [1.29, 1.82) is 0 Å². The Morgan fingerprint density at radius 1 is 1.29 bits per heavy atom. The maximum atomic E-state index is 13.1. The maximum Gasteiger partial charge on any atom is 0.341 e. The highest BCUT2D eigenvalue weighted by atomic mass is 16.6. The van der Waals surface area contributed by atoms with Crippen LogP contribution in [-0.2, 0) is 28.6 Å². The van der Waals surface area contributed by atoms with Crippen molar-refractivity contribution in [2.45, 2.75) is 63.9 Å². The number of ether oxygens (including phenoxy) is 3. The first-order chi connectivity index (χ1) is 14.6. The Bertz CT molecular complexity index is 911. The van der Waals surface area contributed by atoms with Gasteiger partial charge in [-0.3, -0.25) is 9.59 Å². The van der Waals surface area contributed by atoms with Crippen LogP contribution in [0, 0.1) is 28.6 Å². The number of aliphatic hydroxyl groups is 3. The van der Waals surface area contributed by atoms with Crippen molar-refractivity contribution in [3.63, 3.8) is 0 Å². The van der Waals surface area contributed by atoms with Gasteiger partial charge in [-0.1, -0.05) is 6.92 Å². The normalized spacial score (nSPS) is 50.5. The van der Waals surface area contributed by atoms with Gasteiger partial charge in [0.1, 0.15) is 12.2 Å². The molecule has 2 bridgehead atoms. The minimum absolute atomic E-state index is 0.00153. The van der Waals surface area contributed by atoms with Crippen molar-refractivity contribution < 1.29 is 43.9 Å². The molecule has 0 radical (unpaired) electrons. The fraction of sp³-hybridized carbons (Fsp3) is 0.773. The Kier molecular flexibility index (Phi) is 4.25. The zero-order valence-corrected chi connectivity index (χ0v) is 17.8. The van der Waals surface area contributed by atoms with Crippen molar-refractivity contribution in [3.05, 3.63) is 11.3 Å². The molecule has 9 atom stereocenters. The second-order valence-electron chi connectivity index (χ2n) is 9.99. The molecule has 9 heteroatoms. The lowest BCUT2D eigenvalue weighted by atomic mass is 9.38. The van der Waals surface area contributed by atoms with Crippen LogP contribution in [-0.4, -0.2) is 70.2 Å². The van der Waals surface area contributed by atoms with Gasteiger partial charge in [0.2, 0.25) is 0 Å². The van der Waals surface area contributed by atoms with E-state index in [9.17, 15) is 29.7 Å². The molecule has 0 aromatic rings. The number of fused-ring (bicyclic) bond motifs is 2. The monoisotopic (exact) mass is 436 g/mol. The molecule has 2 saturated heterocycles. The van der Waals surface area contributed by atoms with Gasteiger partial charge < -0.3 is 29.5 Å². The highest BCUT2D eigenvalue weighted by Gasteiger charge is 2.82. The van der Waals surface area contributed by atoms with Crippen molar-refractivity contribution >= 4 is 17.7 Å². The van der Waals surface area contributed by atoms with Gasteiger partial charge in [-0.05, 0) is 37.2 Å². The average molecular weight is 436 g/mol. The highest BCUT2D eigenvalue weighted by Crippen LogP contribution is 2.72. The molecular formula is C22H28O9.